The van der Waals surface area contributed by atoms with Crippen LogP contribution < -0.4 is 20.3 Å². The molecule has 0 saturated heterocycles. The van der Waals surface area contributed by atoms with E-state index in [-0.39, 0.29) is 36.7 Å². The molecule has 34 heavy (non-hydrogen) atoms. The number of para-hydroxylation sites is 2. The van der Waals surface area contributed by atoms with Crippen LogP contribution in [-0.2, 0) is 9.59 Å². The minimum atomic E-state index is -0.366. The van der Waals surface area contributed by atoms with Gasteiger partial charge in [-0.15, -0.1) is 0 Å². The number of amides is 3. The molecule has 1 aliphatic rings. The maximum absolute atomic E-state index is 13.0. The van der Waals surface area contributed by atoms with Crippen LogP contribution in [0.15, 0.2) is 72.8 Å². The zero-order chi connectivity index (χ0) is 24.1. The number of ketones is 1. The van der Waals surface area contributed by atoms with Gasteiger partial charge in [0.25, 0.3) is 11.8 Å². The Labute approximate surface area is 196 Å². The van der Waals surface area contributed by atoms with Crippen molar-refractivity contribution in [2.45, 2.75) is 13.3 Å². The third-order valence-corrected chi connectivity index (χ3v) is 5.30. The minimum absolute atomic E-state index is 0.0407. The molecule has 3 aromatic rings. The molecule has 0 aromatic heterocycles. The van der Waals surface area contributed by atoms with Crippen LogP contribution in [0.25, 0.3) is 0 Å². The number of ether oxygens (including phenoxy) is 1. The molecule has 0 saturated carbocycles. The van der Waals surface area contributed by atoms with E-state index in [1.165, 1.54) is 4.90 Å². The number of nitrogens with one attached hydrogen (secondary N) is 2. The molecule has 0 radical (unpaired) electrons. The summed E-state index contributed by atoms with van der Waals surface area (Å²) in [4.78, 5) is 50.3. The third kappa shape index (κ3) is 5.12. The highest BCUT2D eigenvalue weighted by Gasteiger charge is 2.27. The fourth-order valence-corrected chi connectivity index (χ4v) is 3.55. The number of rotatable bonds is 7. The second kappa shape index (κ2) is 9.99. The Morgan fingerprint density at radius 1 is 0.941 bits per heavy atom. The molecule has 8 nitrogen and oxygen atoms in total. The van der Waals surface area contributed by atoms with Gasteiger partial charge in [0.05, 0.1) is 11.4 Å². The lowest BCUT2D eigenvalue weighted by Gasteiger charge is -2.29. The van der Waals surface area contributed by atoms with E-state index in [1.807, 2.05) is 0 Å². The van der Waals surface area contributed by atoms with Crippen molar-refractivity contribution < 1.29 is 23.9 Å². The van der Waals surface area contributed by atoms with Crippen LogP contribution in [-0.4, -0.2) is 36.7 Å². The first-order chi connectivity index (χ1) is 16.4. The number of fused-ring (bicyclic) bond motifs is 1. The number of nitrogens with zero attached hydrogens (tertiary/aromatic N) is 1. The Hall–Kier alpha value is -4.46. The van der Waals surface area contributed by atoms with Crippen LogP contribution in [0.3, 0.4) is 0 Å². The number of carbonyl (C=O) groups is 4. The van der Waals surface area contributed by atoms with Crippen molar-refractivity contribution in [3.05, 3.63) is 83.9 Å². The Morgan fingerprint density at radius 2 is 1.62 bits per heavy atom. The molecule has 0 bridgehead atoms. The average molecular weight is 457 g/mol. The van der Waals surface area contributed by atoms with Gasteiger partial charge in [-0.2, -0.15) is 0 Å². The molecule has 1 heterocycles. The highest BCUT2D eigenvalue weighted by molar-refractivity contribution is 6.15. The van der Waals surface area contributed by atoms with Crippen molar-refractivity contribution in [2.75, 3.05) is 28.7 Å². The summed E-state index contributed by atoms with van der Waals surface area (Å²) in [6, 6.07) is 20.2. The molecule has 1 aliphatic heterocycles. The summed E-state index contributed by atoms with van der Waals surface area (Å²) in [5, 5.41) is 5.47. The smallest absolute Gasteiger partial charge is 0.262 e. The standard InChI is InChI=1S/C26H23N3O5/c1-2-23(30)17-9-13-20(14-10-17)34-16-25(32)27-19-11-7-18(8-12-19)26(33)29-15-24(31)28-21-5-3-4-6-22(21)29/h3-14H,2,15-16H2,1H3,(H,27,32)(H,28,31). The minimum Gasteiger partial charge on any atom is -0.484 e. The molecule has 2 N–H and O–H groups in total. The highest BCUT2D eigenvalue weighted by Crippen LogP contribution is 2.30. The summed E-state index contributed by atoms with van der Waals surface area (Å²) >= 11 is 0. The topological polar surface area (TPSA) is 105 Å². The van der Waals surface area contributed by atoms with Gasteiger partial charge in [-0.25, -0.2) is 0 Å². The molecule has 0 atom stereocenters. The Balaban J connectivity index is 1.35. The molecular weight excluding hydrogens is 434 g/mol. The molecular formula is C26H23N3O5. The normalized spacial score (nSPS) is 12.4. The van der Waals surface area contributed by atoms with Gasteiger partial charge in [-0.1, -0.05) is 19.1 Å². The summed E-state index contributed by atoms with van der Waals surface area (Å²) < 4.78 is 5.47. The molecule has 4 rings (SSSR count). The summed E-state index contributed by atoms with van der Waals surface area (Å²) in [6.45, 7) is 1.52. The fraction of sp³-hybridized carbons (Fsp3) is 0.154. The van der Waals surface area contributed by atoms with Gasteiger partial charge < -0.3 is 15.4 Å². The fourth-order valence-electron chi connectivity index (χ4n) is 3.55. The zero-order valence-electron chi connectivity index (χ0n) is 18.5. The summed E-state index contributed by atoms with van der Waals surface area (Å²) in [5.74, 6) is -0.418. The monoisotopic (exact) mass is 457 g/mol. The summed E-state index contributed by atoms with van der Waals surface area (Å²) in [5.41, 5.74) is 2.71. The Morgan fingerprint density at radius 3 is 2.32 bits per heavy atom. The van der Waals surface area contributed by atoms with E-state index in [4.69, 9.17) is 4.74 Å². The van der Waals surface area contributed by atoms with Crippen LogP contribution >= 0.6 is 0 Å². The van der Waals surface area contributed by atoms with Crippen LogP contribution in [0.1, 0.15) is 34.1 Å². The lowest BCUT2D eigenvalue weighted by atomic mass is 10.1. The number of benzene rings is 3. The van der Waals surface area contributed by atoms with Crippen molar-refractivity contribution in [3.63, 3.8) is 0 Å². The number of Topliss-reactive ketones (excluding diaryl/α,β-unsaturated/α-hetero) is 1. The van der Waals surface area contributed by atoms with Gasteiger partial charge in [0.1, 0.15) is 12.3 Å². The van der Waals surface area contributed by atoms with Gasteiger partial charge >= 0.3 is 0 Å². The lowest BCUT2D eigenvalue weighted by Crippen LogP contribution is -2.42. The molecule has 0 fully saturated rings. The van der Waals surface area contributed by atoms with Crippen molar-refractivity contribution in [3.8, 4) is 5.75 Å². The first-order valence-electron chi connectivity index (χ1n) is 10.8. The average Bonchev–Trinajstić information content (AvgIpc) is 2.86. The van der Waals surface area contributed by atoms with E-state index in [0.29, 0.717) is 40.4 Å². The Kier molecular flexibility index (Phi) is 6.68. The lowest BCUT2D eigenvalue weighted by molar-refractivity contribution is -0.118. The van der Waals surface area contributed by atoms with E-state index in [2.05, 4.69) is 10.6 Å². The molecule has 8 heteroatoms. The number of anilines is 3. The number of hydrogen-bond acceptors (Lipinski definition) is 5. The molecule has 3 amide bonds. The van der Waals surface area contributed by atoms with E-state index in [1.54, 1.807) is 79.7 Å². The van der Waals surface area contributed by atoms with Crippen molar-refractivity contribution in [1.82, 2.24) is 0 Å². The van der Waals surface area contributed by atoms with Crippen LogP contribution in [0.2, 0.25) is 0 Å². The number of hydrogen-bond donors (Lipinski definition) is 2. The SMILES string of the molecule is CCC(=O)c1ccc(OCC(=O)Nc2ccc(C(=O)N3CC(=O)Nc4ccccc43)cc2)cc1. The van der Waals surface area contributed by atoms with Crippen LogP contribution in [0.4, 0.5) is 17.1 Å². The van der Waals surface area contributed by atoms with Crippen molar-refractivity contribution in [2.24, 2.45) is 0 Å². The predicted octanol–water partition coefficient (Wildman–Crippen LogP) is 3.90. The van der Waals surface area contributed by atoms with Gasteiger partial charge in [-0.05, 0) is 60.7 Å². The molecule has 0 unspecified atom stereocenters. The van der Waals surface area contributed by atoms with Gasteiger partial charge in [0, 0.05) is 23.2 Å². The maximum atomic E-state index is 13.0. The van der Waals surface area contributed by atoms with Crippen LogP contribution in [0.5, 0.6) is 5.75 Å². The molecule has 0 aliphatic carbocycles. The summed E-state index contributed by atoms with van der Waals surface area (Å²) in [6.07, 6.45) is 0.424. The zero-order valence-corrected chi connectivity index (χ0v) is 18.5. The quantitative estimate of drug-likeness (QED) is 0.524. The number of carbonyl (C=O) groups excluding carboxylic acids is 4. The largest absolute Gasteiger partial charge is 0.484 e. The van der Waals surface area contributed by atoms with E-state index >= 15 is 0 Å². The Bertz CT molecular complexity index is 1240. The molecule has 3 aromatic carbocycles. The van der Waals surface area contributed by atoms with Crippen molar-refractivity contribution >= 4 is 40.6 Å². The van der Waals surface area contributed by atoms with E-state index in [9.17, 15) is 19.2 Å². The molecule has 172 valence electrons. The first-order valence-corrected chi connectivity index (χ1v) is 10.8. The maximum Gasteiger partial charge on any atom is 0.262 e. The first kappa shape index (κ1) is 22.7. The van der Waals surface area contributed by atoms with E-state index in [0.717, 1.165) is 0 Å². The van der Waals surface area contributed by atoms with Gasteiger partial charge in [0.2, 0.25) is 5.91 Å². The molecule has 0 spiro atoms. The van der Waals surface area contributed by atoms with Gasteiger partial charge in [-0.3, -0.25) is 24.1 Å². The predicted molar refractivity (Wildman–Crippen MR) is 128 cm³/mol. The van der Waals surface area contributed by atoms with Gasteiger partial charge in [0.15, 0.2) is 12.4 Å². The van der Waals surface area contributed by atoms with E-state index < -0.39 is 0 Å². The second-order valence-electron chi connectivity index (χ2n) is 7.67. The van der Waals surface area contributed by atoms with Crippen molar-refractivity contribution in [1.29, 1.82) is 0 Å². The second-order valence-corrected chi connectivity index (χ2v) is 7.67. The van der Waals surface area contributed by atoms with Crippen LogP contribution in [0, 0.1) is 0 Å². The highest BCUT2D eigenvalue weighted by atomic mass is 16.5. The summed E-state index contributed by atoms with van der Waals surface area (Å²) in [7, 11) is 0. The third-order valence-electron chi connectivity index (χ3n) is 5.30.